The van der Waals surface area contributed by atoms with Gasteiger partial charge in [-0.2, -0.15) is 4.31 Å². The van der Waals surface area contributed by atoms with Crippen LogP contribution in [-0.2, 0) is 10.0 Å². The van der Waals surface area contributed by atoms with E-state index < -0.39 is 10.0 Å². The Balaban J connectivity index is 1.64. The quantitative estimate of drug-likeness (QED) is 0.682. The van der Waals surface area contributed by atoms with Crippen LogP contribution in [0.25, 0.3) is 0 Å². The third kappa shape index (κ3) is 5.21. The summed E-state index contributed by atoms with van der Waals surface area (Å²) >= 11 is 0. The van der Waals surface area contributed by atoms with Gasteiger partial charge in [0.05, 0.1) is 11.4 Å². The number of piperidine rings is 1. The van der Waals surface area contributed by atoms with Crippen LogP contribution < -0.4 is 10.1 Å². The summed E-state index contributed by atoms with van der Waals surface area (Å²) in [5.74, 6) is 1.02. The first-order chi connectivity index (χ1) is 14.3. The predicted octanol–water partition coefficient (Wildman–Crippen LogP) is 3.53. The van der Waals surface area contributed by atoms with Crippen molar-refractivity contribution in [3.8, 4) is 5.75 Å². The summed E-state index contributed by atoms with van der Waals surface area (Å²) in [7, 11) is -3.60. The van der Waals surface area contributed by atoms with Crippen molar-refractivity contribution < 1.29 is 17.9 Å². The maximum atomic E-state index is 13.0. The summed E-state index contributed by atoms with van der Waals surface area (Å²) in [6.07, 6.45) is 1.72. The number of rotatable bonds is 7. The zero-order valence-corrected chi connectivity index (χ0v) is 18.7. The molecule has 0 spiro atoms. The molecule has 2 aromatic carbocycles. The second-order valence-electron chi connectivity index (χ2n) is 7.93. The number of sulfonamides is 1. The van der Waals surface area contributed by atoms with E-state index in [0.717, 1.165) is 29.7 Å². The molecular formula is C23H30N2O4S. The number of nitrogens with one attached hydrogen (secondary N) is 1. The molecule has 1 aliphatic heterocycles. The van der Waals surface area contributed by atoms with Gasteiger partial charge in [-0.1, -0.05) is 31.2 Å². The van der Waals surface area contributed by atoms with E-state index in [2.05, 4.69) is 12.2 Å². The zero-order chi connectivity index (χ0) is 21.7. The van der Waals surface area contributed by atoms with Crippen LogP contribution in [0.2, 0.25) is 0 Å². The van der Waals surface area contributed by atoms with Crippen molar-refractivity contribution in [2.24, 2.45) is 5.92 Å². The molecule has 7 heteroatoms. The lowest BCUT2D eigenvalue weighted by atomic mass is 10.0. The van der Waals surface area contributed by atoms with Gasteiger partial charge < -0.3 is 10.1 Å². The summed E-state index contributed by atoms with van der Waals surface area (Å²) in [6, 6.07) is 12.5. The van der Waals surface area contributed by atoms with Gasteiger partial charge in [-0.15, -0.1) is 0 Å². The molecule has 0 atom stereocenters. The first-order valence-electron chi connectivity index (χ1n) is 10.4. The Bertz CT molecular complexity index is 996. The summed E-state index contributed by atoms with van der Waals surface area (Å²) in [5.41, 5.74) is 2.14. The Labute approximate surface area is 179 Å². The second kappa shape index (κ2) is 9.62. The van der Waals surface area contributed by atoms with Crippen molar-refractivity contribution >= 4 is 15.9 Å². The third-order valence-corrected chi connectivity index (χ3v) is 7.47. The van der Waals surface area contributed by atoms with Crippen LogP contribution in [0, 0.1) is 19.8 Å². The molecule has 0 aliphatic carbocycles. The molecule has 2 aromatic rings. The molecule has 0 bridgehead atoms. The van der Waals surface area contributed by atoms with Crippen LogP contribution in [0.5, 0.6) is 5.75 Å². The average Bonchev–Trinajstić information content (AvgIpc) is 2.72. The standard InChI is InChI=1S/C23H30N2O4S/c1-17-10-13-25(14-11-17)30(27,28)20-9-8-18(2)21(16-20)23(26)24-12-15-29-22-7-5-4-6-19(22)3/h4-9,16-17H,10-15H2,1-3H3,(H,24,26). The summed E-state index contributed by atoms with van der Waals surface area (Å²) in [4.78, 5) is 12.8. The molecule has 1 amide bonds. The number of hydrogen-bond donors (Lipinski definition) is 1. The van der Waals surface area contributed by atoms with E-state index >= 15 is 0 Å². The maximum Gasteiger partial charge on any atom is 0.251 e. The largest absolute Gasteiger partial charge is 0.491 e. The van der Waals surface area contributed by atoms with Crippen LogP contribution in [0.1, 0.15) is 41.3 Å². The Morgan fingerprint density at radius 1 is 1.10 bits per heavy atom. The van der Waals surface area contributed by atoms with Gasteiger partial charge in [0, 0.05) is 18.7 Å². The van der Waals surface area contributed by atoms with E-state index in [1.165, 1.54) is 10.4 Å². The van der Waals surface area contributed by atoms with Gasteiger partial charge >= 0.3 is 0 Å². The minimum atomic E-state index is -3.60. The highest BCUT2D eigenvalue weighted by Gasteiger charge is 2.28. The van der Waals surface area contributed by atoms with Crippen molar-refractivity contribution in [1.29, 1.82) is 0 Å². The fourth-order valence-corrected chi connectivity index (χ4v) is 5.02. The Kier molecular flexibility index (Phi) is 7.15. The lowest BCUT2D eigenvalue weighted by Gasteiger charge is -2.29. The molecule has 30 heavy (non-hydrogen) atoms. The number of aryl methyl sites for hydroxylation is 2. The molecule has 3 rings (SSSR count). The van der Waals surface area contributed by atoms with E-state index in [0.29, 0.717) is 37.7 Å². The lowest BCUT2D eigenvalue weighted by molar-refractivity contribution is 0.0946. The molecule has 1 N–H and O–H groups in total. The van der Waals surface area contributed by atoms with E-state index in [9.17, 15) is 13.2 Å². The van der Waals surface area contributed by atoms with Crippen LogP contribution in [0.3, 0.4) is 0 Å². The van der Waals surface area contributed by atoms with Crippen LogP contribution in [0.15, 0.2) is 47.4 Å². The minimum absolute atomic E-state index is 0.170. The van der Waals surface area contributed by atoms with Crippen LogP contribution in [0.4, 0.5) is 0 Å². The first-order valence-corrected chi connectivity index (χ1v) is 11.8. The molecule has 1 aliphatic rings. The molecule has 0 aromatic heterocycles. The zero-order valence-electron chi connectivity index (χ0n) is 17.8. The predicted molar refractivity (Wildman–Crippen MR) is 117 cm³/mol. The number of amides is 1. The first kappa shape index (κ1) is 22.3. The third-order valence-electron chi connectivity index (χ3n) is 5.57. The van der Waals surface area contributed by atoms with Gasteiger partial charge in [-0.3, -0.25) is 4.79 Å². The minimum Gasteiger partial charge on any atom is -0.491 e. The average molecular weight is 431 g/mol. The molecule has 1 heterocycles. The number of ether oxygens (including phenoxy) is 1. The van der Waals surface area contributed by atoms with Crippen LogP contribution in [-0.4, -0.2) is 44.9 Å². The van der Waals surface area contributed by atoms with Gasteiger partial charge in [0.2, 0.25) is 10.0 Å². The van der Waals surface area contributed by atoms with E-state index in [-0.39, 0.29) is 10.8 Å². The maximum absolute atomic E-state index is 13.0. The summed E-state index contributed by atoms with van der Waals surface area (Å²) < 4.78 is 33.2. The highest BCUT2D eigenvalue weighted by atomic mass is 32.2. The van der Waals surface area contributed by atoms with Gasteiger partial charge in [0.25, 0.3) is 5.91 Å². The monoisotopic (exact) mass is 430 g/mol. The number of carbonyl (C=O) groups is 1. The SMILES string of the molecule is Cc1ccccc1OCCNC(=O)c1cc(S(=O)(=O)N2CCC(C)CC2)ccc1C. The Morgan fingerprint density at radius 3 is 2.50 bits per heavy atom. The van der Waals surface area contributed by atoms with Gasteiger partial charge in [-0.05, 0) is 61.9 Å². The van der Waals surface area contributed by atoms with Crippen molar-refractivity contribution in [3.63, 3.8) is 0 Å². The van der Waals surface area contributed by atoms with Crippen molar-refractivity contribution in [2.45, 2.75) is 38.5 Å². The normalized spacial score (nSPS) is 15.7. The Hall–Kier alpha value is -2.38. The number of para-hydroxylation sites is 1. The van der Waals surface area contributed by atoms with Crippen LogP contribution >= 0.6 is 0 Å². The smallest absolute Gasteiger partial charge is 0.251 e. The van der Waals surface area contributed by atoms with Gasteiger partial charge in [0.1, 0.15) is 12.4 Å². The molecular weight excluding hydrogens is 400 g/mol. The number of benzene rings is 2. The summed E-state index contributed by atoms with van der Waals surface area (Å²) in [6.45, 7) is 7.61. The van der Waals surface area contributed by atoms with Gasteiger partial charge in [-0.25, -0.2) is 8.42 Å². The topological polar surface area (TPSA) is 75.7 Å². The Morgan fingerprint density at radius 2 is 1.80 bits per heavy atom. The number of nitrogens with zero attached hydrogens (tertiary/aromatic N) is 1. The van der Waals surface area contributed by atoms with Crippen molar-refractivity contribution in [1.82, 2.24) is 9.62 Å². The molecule has 0 unspecified atom stereocenters. The fraction of sp³-hybridized carbons (Fsp3) is 0.435. The molecule has 0 saturated carbocycles. The van der Waals surface area contributed by atoms with E-state index in [1.54, 1.807) is 19.1 Å². The molecule has 1 saturated heterocycles. The molecule has 0 radical (unpaired) electrons. The van der Waals surface area contributed by atoms with Crippen molar-refractivity contribution in [3.05, 3.63) is 59.2 Å². The summed E-state index contributed by atoms with van der Waals surface area (Å²) in [5, 5.41) is 2.82. The number of hydrogen-bond acceptors (Lipinski definition) is 4. The lowest BCUT2D eigenvalue weighted by Crippen LogP contribution is -2.38. The molecule has 1 fully saturated rings. The van der Waals surface area contributed by atoms with Gasteiger partial charge in [0.15, 0.2) is 0 Å². The van der Waals surface area contributed by atoms with E-state index in [4.69, 9.17) is 4.74 Å². The second-order valence-corrected chi connectivity index (χ2v) is 9.87. The number of carbonyl (C=O) groups excluding carboxylic acids is 1. The molecule has 6 nitrogen and oxygen atoms in total. The van der Waals surface area contributed by atoms with Crippen molar-refractivity contribution in [2.75, 3.05) is 26.2 Å². The molecule has 162 valence electrons. The fourth-order valence-electron chi connectivity index (χ4n) is 3.52. The highest BCUT2D eigenvalue weighted by Crippen LogP contribution is 2.25. The van der Waals surface area contributed by atoms with E-state index in [1.807, 2.05) is 31.2 Å². The highest BCUT2D eigenvalue weighted by molar-refractivity contribution is 7.89.